The highest BCUT2D eigenvalue weighted by molar-refractivity contribution is 5.96. The number of rotatable bonds is 11. The molecule has 0 aliphatic heterocycles. The van der Waals surface area contributed by atoms with E-state index in [0.29, 0.717) is 36.1 Å². The maximum Gasteiger partial charge on any atom is 0.330 e. The van der Waals surface area contributed by atoms with Crippen LogP contribution >= 0.6 is 0 Å². The molecule has 0 saturated heterocycles. The number of nitrogen functional groups attached to an aromatic ring is 1. The van der Waals surface area contributed by atoms with Crippen LogP contribution in [-0.4, -0.2) is 49.5 Å². The molecule has 0 bridgehead atoms. The number of unbranched alkanes of at least 4 members (excludes halogenated alkanes) is 1. The van der Waals surface area contributed by atoms with Gasteiger partial charge in [-0.15, -0.1) is 0 Å². The number of para-hydroxylation sites is 1. The van der Waals surface area contributed by atoms with Gasteiger partial charge in [-0.3, -0.25) is 28.8 Å². The maximum atomic E-state index is 13.6. The van der Waals surface area contributed by atoms with Crippen molar-refractivity contribution in [2.24, 2.45) is 0 Å². The standard InChI is InChI=1S/C25H35N7O4/c1-5-7-13-31(21-22(26)32(12-6-2)25(36)29-24(21)35)20(33)15-30(16(3)4)14-19-27-18-11-9-8-10-17(18)23(34)28-19/h8-11,16H,5-7,12-15,26H2,1-4H3,(H,27,28,34)(H,29,35,36). The van der Waals surface area contributed by atoms with Crippen LogP contribution in [0.5, 0.6) is 0 Å². The number of hydrogen-bond donors (Lipinski definition) is 3. The van der Waals surface area contributed by atoms with Crippen molar-refractivity contribution >= 4 is 28.3 Å². The van der Waals surface area contributed by atoms with Gasteiger partial charge in [0.25, 0.3) is 11.1 Å². The van der Waals surface area contributed by atoms with E-state index in [2.05, 4.69) is 15.0 Å². The van der Waals surface area contributed by atoms with Crippen LogP contribution in [0.4, 0.5) is 11.5 Å². The Morgan fingerprint density at radius 1 is 1.08 bits per heavy atom. The fraction of sp³-hybridized carbons (Fsp3) is 0.480. The monoisotopic (exact) mass is 497 g/mol. The van der Waals surface area contributed by atoms with Crippen LogP contribution in [0.1, 0.15) is 52.8 Å². The molecule has 0 spiro atoms. The van der Waals surface area contributed by atoms with E-state index in [1.807, 2.05) is 38.7 Å². The maximum absolute atomic E-state index is 13.6. The van der Waals surface area contributed by atoms with E-state index in [-0.39, 0.29) is 48.6 Å². The van der Waals surface area contributed by atoms with Crippen LogP contribution in [0.3, 0.4) is 0 Å². The van der Waals surface area contributed by atoms with E-state index in [1.165, 1.54) is 9.47 Å². The molecule has 1 amide bonds. The Kier molecular flexibility index (Phi) is 8.81. The molecular weight excluding hydrogens is 462 g/mol. The van der Waals surface area contributed by atoms with Gasteiger partial charge in [0.15, 0.2) is 5.69 Å². The number of amides is 1. The summed E-state index contributed by atoms with van der Waals surface area (Å²) < 4.78 is 1.28. The van der Waals surface area contributed by atoms with Crippen molar-refractivity contribution in [3.05, 3.63) is 61.3 Å². The summed E-state index contributed by atoms with van der Waals surface area (Å²) in [6.07, 6.45) is 2.08. The zero-order valence-corrected chi connectivity index (χ0v) is 21.3. The van der Waals surface area contributed by atoms with Crippen molar-refractivity contribution in [2.75, 3.05) is 23.7 Å². The van der Waals surface area contributed by atoms with Crippen LogP contribution in [-0.2, 0) is 17.9 Å². The zero-order chi connectivity index (χ0) is 26.4. The van der Waals surface area contributed by atoms with Gasteiger partial charge in [0.1, 0.15) is 11.6 Å². The topological polar surface area (TPSA) is 150 Å². The average Bonchev–Trinajstić information content (AvgIpc) is 2.83. The van der Waals surface area contributed by atoms with E-state index in [0.717, 1.165) is 6.42 Å². The van der Waals surface area contributed by atoms with Gasteiger partial charge in [0.05, 0.1) is 24.0 Å². The fourth-order valence-corrected chi connectivity index (χ4v) is 4.04. The van der Waals surface area contributed by atoms with Crippen molar-refractivity contribution in [1.82, 2.24) is 24.4 Å². The number of hydrogen-bond acceptors (Lipinski definition) is 7. The quantitative estimate of drug-likeness (QED) is 0.365. The van der Waals surface area contributed by atoms with Gasteiger partial charge in [-0.25, -0.2) is 9.78 Å². The number of aromatic nitrogens is 4. The second-order valence-corrected chi connectivity index (χ2v) is 9.07. The van der Waals surface area contributed by atoms with Gasteiger partial charge >= 0.3 is 5.69 Å². The molecule has 0 fully saturated rings. The molecule has 36 heavy (non-hydrogen) atoms. The van der Waals surface area contributed by atoms with Crippen LogP contribution < -0.4 is 27.4 Å². The highest BCUT2D eigenvalue weighted by Crippen LogP contribution is 2.19. The summed E-state index contributed by atoms with van der Waals surface area (Å²) in [5.74, 6) is 0.0834. The summed E-state index contributed by atoms with van der Waals surface area (Å²) in [5.41, 5.74) is 5.29. The van der Waals surface area contributed by atoms with Crippen molar-refractivity contribution in [2.45, 2.75) is 66.1 Å². The Labute approximate surface area is 209 Å². The molecule has 3 rings (SSSR count). The molecule has 2 aromatic heterocycles. The number of carbonyl (C=O) groups excluding carboxylic acids is 1. The highest BCUT2D eigenvalue weighted by atomic mass is 16.2. The first kappa shape index (κ1) is 26.9. The number of aromatic amines is 2. The summed E-state index contributed by atoms with van der Waals surface area (Å²) in [5, 5.41) is 0.496. The number of nitrogens with zero attached hydrogens (tertiary/aromatic N) is 4. The number of nitrogens with one attached hydrogen (secondary N) is 2. The van der Waals surface area contributed by atoms with Gasteiger partial charge in [-0.05, 0) is 38.8 Å². The largest absolute Gasteiger partial charge is 0.383 e. The van der Waals surface area contributed by atoms with Gasteiger partial charge in [-0.1, -0.05) is 32.4 Å². The van der Waals surface area contributed by atoms with Gasteiger partial charge in [0.2, 0.25) is 5.91 Å². The minimum absolute atomic E-state index is 0.0116. The van der Waals surface area contributed by atoms with E-state index < -0.39 is 11.2 Å². The molecule has 11 heteroatoms. The van der Waals surface area contributed by atoms with Crippen LogP contribution in [0.2, 0.25) is 0 Å². The Bertz CT molecular complexity index is 1390. The zero-order valence-electron chi connectivity index (χ0n) is 21.3. The van der Waals surface area contributed by atoms with E-state index in [9.17, 15) is 19.2 Å². The third kappa shape index (κ3) is 5.91. The SMILES string of the molecule is CCCCN(C(=O)CN(Cc1nc2ccccc2c(=O)[nH]1)C(C)C)c1c(N)n(CCC)c(=O)[nH]c1=O. The second-order valence-electron chi connectivity index (χ2n) is 9.07. The Balaban J connectivity index is 1.95. The number of anilines is 2. The van der Waals surface area contributed by atoms with Crippen LogP contribution in [0.25, 0.3) is 10.9 Å². The van der Waals surface area contributed by atoms with E-state index >= 15 is 0 Å². The van der Waals surface area contributed by atoms with Crippen molar-refractivity contribution in [3.8, 4) is 0 Å². The van der Waals surface area contributed by atoms with Gasteiger partial charge in [0, 0.05) is 19.1 Å². The van der Waals surface area contributed by atoms with Crippen molar-refractivity contribution < 1.29 is 4.79 Å². The number of fused-ring (bicyclic) bond motifs is 1. The van der Waals surface area contributed by atoms with Crippen molar-refractivity contribution in [1.29, 1.82) is 0 Å². The normalized spacial score (nSPS) is 11.5. The summed E-state index contributed by atoms with van der Waals surface area (Å²) in [7, 11) is 0. The molecule has 0 saturated carbocycles. The molecule has 194 valence electrons. The summed E-state index contributed by atoms with van der Waals surface area (Å²) >= 11 is 0. The molecule has 3 aromatic rings. The van der Waals surface area contributed by atoms with E-state index in [1.54, 1.807) is 18.2 Å². The van der Waals surface area contributed by atoms with Gasteiger partial charge < -0.3 is 15.6 Å². The fourth-order valence-electron chi connectivity index (χ4n) is 4.04. The molecule has 11 nitrogen and oxygen atoms in total. The molecule has 0 aliphatic rings. The smallest absolute Gasteiger partial charge is 0.330 e. The minimum atomic E-state index is -0.689. The predicted molar refractivity (Wildman–Crippen MR) is 141 cm³/mol. The Morgan fingerprint density at radius 2 is 1.81 bits per heavy atom. The lowest BCUT2D eigenvalue weighted by Crippen LogP contribution is -2.47. The summed E-state index contributed by atoms with van der Waals surface area (Å²) in [6.45, 7) is 8.54. The number of benzene rings is 1. The van der Waals surface area contributed by atoms with Crippen LogP contribution in [0, 0.1) is 0 Å². The molecule has 0 radical (unpaired) electrons. The van der Waals surface area contributed by atoms with Crippen LogP contribution in [0.15, 0.2) is 38.6 Å². The lowest BCUT2D eigenvalue weighted by molar-refractivity contribution is -0.120. The van der Waals surface area contributed by atoms with Gasteiger partial charge in [-0.2, -0.15) is 0 Å². The molecule has 0 unspecified atom stereocenters. The first-order valence-electron chi connectivity index (χ1n) is 12.3. The molecule has 0 atom stereocenters. The second kappa shape index (κ2) is 11.8. The molecule has 0 aliphatic carbocycles. The number of nitrogens with two attached hydrogens (primary N) is 1. The first-order valence-corrected chi connectivity index (χ1v) is 12.3. The Morgan fingerprint density at radius 3 is 2.47 bits per heavy atom. The highest BCUT2D eigenvalue weighted by Gasteiger charge is 2.26. The predicted octanol–water partition coefficient (Wildman–Crippen LogP) is 1.81. The lowest BCUT2D eigenvalue weighted by Gasteiger charge is -2.30. The lowest BCUT2D eigenvalue weighted by atomic mass is 10.2. The Hall–Kier alpha value is -3.73. The molecular formula is C25H35N7O4. The minimum Gasteiger partial charge on any atom is -0.383 e. The third-order valence-corrected chi connectivity index (χ3v) is 6.05. The number of H-pyrrole nitrogens is 2. The van der Waals surface area contributed by atoms with E-state index in [4.69, 9.17) is 5.73 Å². The number of carbonyl (C=O) groups is 1. The molecule has 1 aromatic carbocycles. The van der Waals surface area contributed by atoms with Crippen molar-refractivity contribution in [3.63, 3.8) is 0 Å². The third-order valence-electron chi connectivity index (χ3n) is 6.05. The summed E-state index contributed by atoms with van der Waals surface area (Å²) in [6, 6.07) is 7.00. The molecule has 4 N–H and O–H groups in total. The first-order chi connectivity index (χ1) is 17.2. The molecule has 2 heterocycles. The summed E-state index contributed by atoms with van der Waals surface area (Å²) in [4.78, 5) is 64.1. The average molecular weight is 498 g/mol.